The molecular weight excluding hydrogens is 244 g/mol. The van der Waals surface area contributed by atoms with Crippen LogP contribution in [0.25, 0.3) is 0 Å². The van der Waals surface area contributed by atoms with E-state index in [1.807, 2.05) is 0 Å². The Bertz CT molecular complexity index is 432. The van der Waals surface area contributed by atoms with Gasteiger partial charge in [-0.05, 0) is 26.2 Å². The van der Waals surface area contributed by atoms with Gasteiger partial charge in [0.25, 0.3) is 5.91 Å². The van der Waals surface area contributed by atoms with Crippen LogP contribution in [-0.4, -0.2) is 62.0 Å². The number of carbonyl (C=O) groups excluding carboxylic acids is 1. The summed E-state index contributed by atoms with van der Waals surface area (Å²) in [6, 6.07) is 3.73. The van der Waals surface area contributed by atoms with Gasteiger partial charge in [-0.15, -0.1) is 0 Å². The van der Waals surface area contributed by atoms with Crippen molar-refractivity contribution in [2.75, 3.05) is 40.3 Å². The second-order valence-electron chi connectivity index (χ2n) is 5.08. The maximum absolute atomic E-state index is 11.9. The Labute approximate surface area is 113 Å². The summed E-state index contributed by atoms with van der Waals surface area (Å²) < 4.78 is 5.32. The number of furan rings is 1. The number of hydrogen-bond donors (Lipinski definition) is 2. The molecular formula is C13H22N4O2. The van der Waals surface area contributed by atoms with Crippen LogP contribution in [0.2, 0.25) is 0 Å². The van der Waals surface area contributed by atoms with E-state index in [-0.39, 0.29) is 5.91 Å². The van der Waals surface area contributed by atoms with Crippen LogP contribution in [0.1, 0.15) is 16.3 Å². The fourth-order valence-corrected chi connectivity index (χ4v) is 2.23. The van der Waals surface area contributed by atoms with Crippen molar-refractivity contribution in [3.8, 4) is 0 Å². The summed E-state index contributed by atoms with van der Waals surface area (Å²) in [5.74, 6) is 0.772. The molecule has 0 bridgehead atoms. The lowest BCUT2D eigenvalue weighted by molar-refractivity contribution is 0.0856. The average Bonchev–Trinajstić information content (AvgIpc) is 2.88. The standard InChI is InChI=1S/C13H22N4O2/c1-16-5-6-17(2)10(9-16)8-15-13(18)12-4-3-11(7-14)19-12/h3-4,10H,5-9,14H2,1-2H3,(H,15,18). The molecule has 0 radical (unpaired) electrons. The molecule has 1 unspecified atom stereocenters. The van der Waals surface area contributed by atoms with Crippen molar-refractivity contribution in [2.45, 2.75) is 12.6 Å². The highest BCUT2D eigenvalue weighted by molar-refractivity contribution is 5.91. The molecule has 1 amide bonds. The van der Waals surface area contributed by atoms with Crippen molar-refractivity contribution in [3.63, 3.8) is 0 Å². The van der Waals surface area contributed by atoms with E-state index in [1.165, 1.54) is 0 Å². The maximum atomic E-state index is 11.9. The van der Waals surface area contributed by atoms with Gasteiger partial charge in [-0.2, -0.15) is 0 Å². The Hall–Kier alpha value is -1.37. The topological polar surface area (TPSA) is 74.7 Å². The molecule has 1 aliphatic heterocycles. The third kappa shape index (κ3) is 3.56. The minimum absolute atomic E-state index is 0.179. The summed E-state index contributed by atoms with van der Waals surface area (Å²) in [7, 11) is 4.19. The second kappa shape index (κ2) is 6.18. The largest absolute Gasteiger partial charge is 0.455 e. The zero-order valence-corrected chi connectivity index (χ0v) is 11.6. The quantitative estimate of drug-likeness (QED) is 0.783. The van der Waals surface area contributed by atoms with Crippen LogP contribution in [0.5, 0.6) is 0 Å². The first-order valence-corrected chi connectivity index (χ1v) is 6.56. The Kier molecular flexibility index (Phi) is 4.57. The van der Waals surface area contributed by atoms with Gasteiger partial charge in [0.2, 0.25) is 0 Å². The molecule has 1 aromatic rings. The van der Waals surface area contributed by atoms with Gasteiger partial charge in [-0.1, -0.05) is 0 Å². The Morgan fingerprint density at radius 3 is 2.95 bits per heavy atom. The van der Waals surface area contributed by atoms with Crippen LogP contribution in [0.4, 0.5) is 0 Å². The molecule has 6 nitrogen and oxygen atoms in total. The van der Waals surface area contributed by atoms with Crippen molar-refractivity contribution >= 4 is 5.91 Å². The molecule has 2 rings (SSSR count). The Morgan fingerprint density at radius 2 is 2.26 bits per heavy atom. The third-order valence-corrected chi connectivity index (χ3v) is 3.57. The van der Waals surface area contributed by atoms with E-state index >= 15 is 0 Å². The van der Waals surface area contributed by atoms with Gasteiger partial charge >= 0.3 is 0 Å². The van der Waals surface area contributed by atoms with Gasteiger partial charge in [-0.25, -0.2) is 0 Å². The number of piperazine rings is 1. The number of likely N-dealkylation sites (N-methyl/N-ethyl adjacent to an activating group) is 2. The number of amides is 1. The van der Waals surface area contributed by atoms with Crippen molar-refractivity contribution in [2.24, 2.45) is 5.73 Å². The van der Waals surface area contributed by atoms with Gasteiger partial charge in [-0.3, -0.25) is 9.69 Å². The Morgan fingerprint density at radius 1 is 1.47 bits per heavy atom. The van der Waals surface area contributed by atoms with Gasteiger partial charge < -0.3 is 20.4 Å². The number of nitrogens with one attached hydrogen (secondary N) is 1. The Balaban J connectivity index is 1.85. The highest BCUT2D eigenvalue weighted by Crippen LogP contribution is 2.08. The van der Waals surface area contributed by atoms with E-state index in [0.717, 1.165) is 19.6 Å². The average molecular weight is 266 g/mol. The van der Waals surface area contributed by atoms with Gasteiger partial charge in [0, 0.05) is 32.2 Å². The zero-order chi connectivity index (χ0) is 13.8. The molecule has 1 saturated heterocycles. The van der Waals surface area contributed by atoms with E-state index in [4.69, 9.17) is 10.2 Å². The molecule has 0 spiro atoms. The predicted molar refractivity (Wildman–Crippen MR) is 72.8 cm³/mol. The molecule has 6 heteroatoms. The van der Waals surface area contributed by atoms with Crippen molar-refractivity contribution in [1.82, 2.24) is 15.1 Å². The molecule has 0 aliphatic carbocycles. The summed E-state index contributed by atoms with van der Waals surface area (Å²) in [4.78, 5) is 16.5. The molecule has 1 aliphatic rings. The van der Waals surface area contributed by atoms with Crippen LogP contribution in [0, 0.1) is 0 Å². The van der Waals surface area contributed by atoms with Gasteiger partial charge in [0.15, 0.2) is 5.76 Å². The van der Waals surface area contributed by atoms with Crippen LogP contribution < -0.4 is 11.1 Å². The minimum atomic E-state index is -0.179. The van der Waals surface area contributed by atoms with E-state index in [2.05, 4.69) is 29.2 Å². The monoisotopic (exact) mass is 266 g/mol. The SMILES string of the molecule is CN1CCN(C)C(CNC(=O)c2ccc(CN)o2)C1. The van der Waals surface area contributed by atoms with Crippen LogP contribution >= 0.6 is 0 Å². The molecule has 3 N–H and O–H groups in total. The second-order valence-corrected chi connectivity index (χ2v) is 5.08. The summed E-state index contributed by atoms with van der Waals surface area (Å²) in [6.07, 6.45) is 0. The predicted octanol–water partition coefficient (Wildman–Crippen LogP) is -0.286. The maximum Gasteiger partial charge on any atom is 0.287 e. The number of nitrogens with zero attached hydrogens (tertiary/aromatic N) is 2. The third-order valence-electron chi connectivity index (χ3n) is 3.57. The summed E-state index contributed by atoms with van der Waals surface area (Å²) >= 11 is 0. The fourth-order valence-electron chi connectivity index (χ4n) is 2.23. The normalized spacial score (nSPS) is 21.5. The lowest BCUT2D eigenvalue weighted by Crippen LogP contribution is -2.54. The van der Waals surface area contributed by atoms with E-state index < -0.39 is 0 Å². The first kappa shape index (κ1) is 14.0. The number of hydrogen-bond acceptors (Lipinski definition) is 5. The number of carbonyl (C=O) groups is 1. The van der Waals surface area contributed by atoms with Gasteiger partial charge in [0.1, 0.15) is 5.76 Å². The fraction of sp³-hybridized carbons (Fsp3) is 0.615. The molecule has 1 aromatic heterocycles. The highest BCUT2D eigenvalue weighted by atomic mass is 16.4. The summed E-state index contributed by atoms with van der Waals surface area (Å²) in [6.45, 7) is 3.98. The minimum Gasteiger partial charge on any atom is -0.455 e. The molecule has 1 atom stereocenters. The lowest BCUT2D eigenvalue weighted by atomic mass is 10.2. The van der Waals surface area contributed by atoms with E-state index in [1.54, 1.807) is 12.1 Å². The number of rotatable bonds is 4. The van der Waals surface area contributed by atoms with Crippen LogP contribution in [0.15, 0.2) is 16.5 Å². The molecule has 0 aromatic carbocycles. The summed E-state index contributed by atoms with van der Waals surface area (Å²) in [5, 5.41) is 2.92. The van der Waals surface area contributed by atoms with E-state index in [9.17, 15) is 4.79 Å². The zero-order valence-electron chi connectivity index (χ0n) is 11.6. The van der Waals surface area contributed by atoms with E-state index in [0.29, 0.717) is 30.7 Å². The molecule has 0 saturated carbocycles. The van der Waals surface area contributed by atoms with Crippen LogP contribution in [-0.2, 0) is 6.54 Å². The van der Waals surface area contributed by atoms with Crippen molar-refractivity contribution in [1.29, 1.82) is 0 Å². The lowest BCUT2D eigenvalue weighted by Gasteiger charge is -2.37. The molecule has 19 heavy (non-hydrogen) atoms. The summed E-state index contributed by atoms with van der Waals surface area (Å²) in [5.41, 5.74) is 5.45. The first-order valence-electron chi connectivity index (χ1n) is 6.56. The highest BCUT2D eigenvalue weighted by Gasteiger charge is 2.23. The first-order chi connectivity index (χ1) is 9.10. The molecule has 106 valence electrons. The molecule has 1 fully saturated rings. The van der Waals surface area contributed by atoms with Gasteiger partial charge in [0.05, 0.1) is 6.54 Å². The van der Waals surface area contributed by atoms with Crippen molar-refractivity contribution < 1.29 is 9.21 Å². The number of nitrogens with two attached hydrogens (primary N) is 1. The van der Waals surface area contributed by atoms with Crippen LogP contribution in [0.3, 0.4) is 0 Å². The molecule has 2 heterocycles. The smallest absolute Gasteiger partial charge is 0.287 e. The van der Waals surface area contributed by atoms with Crippen molar-refractivity contribution in [3.05, 3.63) is 23.7 Å².